The molecular formula is C22H20ClN3O6S. The van der Waals surface area contributed by atoms with E-state index in [1.54, 1.807) is 24.3 Å². The second-order valence-corrected chi connectivity index (χ2v) is 9.34. The van der Waals surface area contributed by atoms with E-state index in [9.17, 15) is 23.3 Å². The molecule has 2 N–H and O–H groups in total. The fourth-order valence-corrected chi connectivity index (χ4v) is 4.68. The first-order chi connectivity index (χ1) is 15.6. The minimum atomic E-state index is -4.18. The van der Waals surface area contributed by atoms with E-state index in [4.69, 9.17) is 16.3 Å². The van der Waals surface area contributed by atoms with E-state index < -0.39 is 20.7 Å². The topological polar surface area (TPSA) is 128 Å². The largest absolute Gasteiger partial charge is 0.497 e. The summed E-state index contributed by atoms with van der Waals surface area (Å²) in [6.45, 7) is 1.28. The molecule has 0 aromatic heterocycles. The molecule has 172 valence electrons. The van der Waals surface area contributed by atoms with Crippen LogP contribution in [0, 0.1) is 17.0 Å². The predicted molar refractivity (Wildman–Crippen MR) is 125 cm³/mol. The van der Waals surface area contributed by atoms with Crippen molar-refractivity contribution < 1.29 is 22.9 Å². The highest BCUT2D eigenvalue weighted by Gasteiger charge is 2.25. The summed E-state index contributed by atoms with van der Waals surface area (Å²) in [6, 6.07) is 14.6. The van der Waals surface area contributed by atoms with E-state index in [0.29, 0.717) is 16.3 Å². The molecule has 3 aromatic carbocycles. The molecule has 11 heteroatoms. The third-order valence-corrected chi connectivity index (χ3v) is 6.74. The zero-order valence-electron chi connectivity index (χ0n) is 17.7. The Kier molecular flexibility index (Phi) is 7.19. The van der Waals surface area contributed by atoms with Gasteiger partial charge in [0.25, 0.3) is 5.69 Å². The summed E-state index contributed by atoms with van der Waals surface area (Å²) >= 11 is 5.91. The summed E-state index contributed by atoms with van der Waals surface area (Å²) in [5, 5.41) is 17.2. The number of amides is 1. The van der Waals surface area contributed by atoms with Crippen molar-refractivity contribution >= 4 is 44.4 Å². The number of carbonyl (C=O) groups excluding carboxylic acids is 1. The van der Waals surface area contributed by atoms with Gasteiger partial charge in [-0.1, -0.05) is 23.7 Å². The van der Waals surface area contributed by atoms with Crippen molar-refractivity contribution in [3.63, 3.8) is 0 Å². The number of carbonyl (C=O) groups is 1. The molecule has 0 fully saturated rings. The van der Waals surface area contributed by atoms with Crippen molar-refractivity contribution in [3.8, 4) is 5.75 Å². The van der Waals surface area contributed by atoms with Gasteiger partial charge in [0.05, 0.1) is 34.1 Å². The number of hydrogen-bond donors (Lipinski definition) is 2. The van der Waals surface area contributed by atoms with Crippen LogP contribution in [-0.4, -0.2) is 32.9 Å². The second kappa shape index (κ2) is 9.88. The first kappa shape index (κ1) is 24.0. The maximum atomic E-state index is 13.3. The number of anilines is 2. The van der Waals surface area contributed by atoms with Gasteiger partial charge in [-0.25, -0.2) is 8.42 Å². The standard InChI is InChI=1S/C22H20ClN3O6S/c1-14-6-8-18(12-20(14)26(28)29)33(30,31)21-11-17(32-2)7-9-19(21)24-13-22(27)25-16-5-3-4-15(23)10-16/h3-12,24H,13H2,1-2H3,(H,25,27). The van der Waals surface area contributed by atoms with E-state index >= 15 is 0 Å². The van der Waals surface area contributed by atoms with Gasteiger partial charge in [0.15, 0.2) is 0 Å². The van der Waals surface area contributed by atoms with Crippen LogP contribution in [0.4, 0.5) is 17.1 Å². The van der Waals surface area contributed by atoms with E-state index in [2.05, 4.69) is 10.6 Å². The smallest absolute Gasteiger partial charge is 0.273 e. The number of sulfone groups is 1. The Morgan fingerprint density at radius 1 is 1.12 bits per heavy atom. The molecule has 0 saturated heterocycles. The number of nitrogens with one attached hydrogen (secondary N) is 2. The fourth-order valence-electron chi connectivity index (χ4n) is 3.02. The van der Waals surface area contributed by atoms with Gasteiger partial charge < -0.3 is 15.4 Å². The quantitative estimate of drug-likeness (QED) is 0.353. The molecule has 0 aliphatic carbocycles. The number of aryl methyl sites for hydroxylation is 1. The van der Waals surface area contributed by atoms with E-state index in [1.807, 2.05) is 0 Å². The maximum Gasteiger partial charge on any atom is 0.273 e. The van der Waals surface area contributed by atoms with Crippen molar-refractivity contribution in [1.82, 2.24) is 0 Å². The molecule has 0 atom stereocenters. The van der Waals surface area contributed by atoms with Gasteiger partial charge in [-0.05, 0) is 43.3 Å². The Labute approximate surface area is 195 Å². The van der Waals surface area contributed by atoms with Crippen LogP contribution < -0.4 is 15.4 Å². The first-order valence-corrected chi connectivity index (χ1v) is 11.5. The summed E-state index contributed by atoms with van der Waals surface area (Å²) in [7, 11) is -2.80. The monoisotopic (exact) mass is 489 g/mol. The van der Waals surface area contributed by atoms with E-state index in [-0.39, 0.29) is 33.5 Å². The van der Waals surface area contributed by atoms with Gasteiger partial charge >= 0.3 is 0 Å². The molecule has 0 bridgehead atoms. The van der Waals surface area contributed by atoms with Crippen molar-refractivity contribution in [1.29, 1.82) is 0 Å². The summed E-state index contributed by atoms with van der Waals surface area (Å²) in [4.78, 5) is 22.5. The molecule has 0 radical (unpaired) electrons. The number of hydrogen-bond acceptors (Lipinski definition) is 7. The van der Waals surface area contributed by atoms with Crippen LogP contribution in [0.1, 0.15) is 5.56 Å². The summed E-state index contributed by atoms with van der Waals surface area (Å²) in [6.07, 6.45) is 0. The normalized spacial score (nSPS) is 11.0. The summed E-state index contributed by atoms with van der Waals surface area (Å²) < 4.78 is 31.8. The number of ether oxygens (including phenoxy) is 1. The van der Waals surface area contributed by atoms with Crippen LogP contribution in [0.5, 0.6) is 5.75 Å². The highest BCUT2D eigenvalue weighted by atomic mass is 35.5. The molecular weight excluding hydrogens is 470 g/mol. The van der Waals surface area contributed by atoms with Crippen LogP contribution >= 0.6 is 11.6 Å². The van der Waals surface area contributed by atoms with Crippen LogP contribution in [0.15, 0.2) is 70.5 Å². The predicted octanol–water partition coefficient (Wildman–Crippen LogP) is 4.45. The third-order valence-electron chi connectivity index (χ3n) is 4.71. The Bertz CT molecular complexity index is 1330. The van der Waals surface area contributed by atoms with Crippen molar-refractivity contribution in [2.75, 3.05) is 24.3 Å². The molecule has 1 amide bonds. The average Bonchev–Trinajstić information content (AvgIpc) is 2.77. The van der Waals surface area contributed by atoms with Gasteiger partial charge in [0.2, 0.25) is 15.7 Å². The van der Waals surface area contributed by atoms with Crippen molar-refractivity contribution in [2.45, 2.75) is 16.7 Å². The number of methoxy groups -OCH3 is 1. The fraction of sp³-hybridized carbons (Fsp3) is 0.136. The Morgan fingerprint density at radius 2 is 1.88 bits per heavy atom. The molecule has 0 saturated carbocycles. The number of nitro benzene ring substituents is 1. The minimum Gasteiger partial charge on any atom is -0.497 e. The lowest BCUT2D eigenvalue weighted by Gasteiger charge is -2.14. The second-order valence-electron chi connectivity index (χ2n) is 6.98. The Hall–Kier alpha value is -3.63. The minimum absolute atomic E-state index is 0.139. The number of rotatable bonds is 8. The summed E-state index contributed by atoms with van der Waals surface area (Å²) in [5.41, 5.74) is 0.652. The van der Waals surface area contributed by atoms with Gasteiger partial charge in [-0.3, -0.25) is 14.9 Å². The number of nitro groups is 1. The zero-order chi connectivity index (χ0) is 24.2. The highest BCUT2D eigenvalue weighted by Crippen LogP contribution is 2.33. The number of nitrogens with zero attached hydrogens (tertiary/aromatic N) is 1. The Balaban J connectivity index is 1.91. The third kappa shape index (κ3) is 5.60. The number of halogens is 1. The zero-order valence-corrected chi connectivity index (χ0v) is 19.2. The molecule has 0 unspecified atom stereocenters. The lowest BCUT2D eigenvalue weighted by atomic mass is 10.2. The molecule has 9 nitrogen and oxygen atoms in total. The van der Waals surface area contributed by atoms with Gasteiger partial charge in [-0.2, -0.15) is 0 Å². The molecule has 33 heavy (non-hydrogen) atoms. The molecule has 3 rings (SSSR count). The van der Waals surface area contributed by atoms with E-state index in [1.165, 1.54) is 44.4 Å². The number of benzene rings is 3. The maximum absolute atomic E-state index is 13.3. The molecule has 0 heterocycles. The van der Waals surface area contributed by atoms with Crippen LogP contribution in [0.3, 0.4) is 0 Å². The lowest BCUT2D eigenvalue weighted by molar-refractivity contribution is -0.385. The van der Waals surface area contributed by atoms with Gasteiger partial charge in [0.1, 0.15) is 5.75 Å². The van der Waals surface area contributed by atoms with E-state index in [0.717, 1.165) is 6.07 Å². The average molecular weight is 490 g/mol. The van der Waals surface area contributed by atoms with Crippen LogP contribution in [-0.2, 0) is 14.6 Å². The highest BCUT2D eigenvalue weighted by molar-refractivity contribution is 7.91. The van der Waals surface area contributed by atoms with Crippen LogP contribution in [0.25, 0.3) is 0 Å². The van der Waals surface area contributed by atoms with Gasteiger partial charge in [0, 0.05) is 28.4 Å². The SMILES string of the molecule is COc1ccc(NCC(=O)Nc2cccc(Cl)c2)c(S(=O)(=O)c2ccc(C)c([N+](=O)[O-])c2)c1. The van der Waals surface area contributed by atoms with Crippen molar-refractivity contribution in [2.24, 2.45) is 0 Å². The molecule has 0 aliphatic rings. The Morgan fingerprint density at radius 3 is 2.55 bits per heavy atom. The molecule has 0 aliphatic heterocycles. The molecule has 0 spiro atoms. The van der Waals surface area contributed by atoms with Crippen molar-refractivity contribution in [3.05, 3.63) is 81.4 Å². The summed E-state index contributed by atoms with van der Waals surface area (Å²) in [5.74, 6) is -0.161. The lowest BCUT2D eigenvalue weighted by Crippen LogP contribution is -2.22. The first-order valence-electron chi connectivity index (χ1n) is 9.59. The molecule has 3 aromatic rings. The van der Waals surface area contributed by atoms with Crippen LogP contribution in [0.2, 0.25) is 5.02 Å². The van der Waals surface area contributed by atoms with Gasteiger partial charge in [-0.15, -0.1) is 0 Å².